The van der Waals surface area contributed by atoms with Crippen LogP contribution in [0.2, 0.25) is 0 Å². The van der Waals surface area contributed by atoms with E-state index < -0.39 is 53.5 Å². The van der Waals surface area contributed by atoms with Gasteiger partial charge in [-0.25, -0.2) is 22.0 Å². The fourth-order valence-corrected chi connectivity index (χ4v) is 2.11. The Labute approximate surface area is 99.6 Å². The van der Waals surface area contributed by atoms with E-state index in [1.54, 1.807) is 0 Å². The van der Waals surface area contributed by atoms with Crippen LogP contribution in [-0.4, -0.2) is 11.7 Å². The molecule has 1 aliphatic rings. The Morgan fingerprint density at radius 3 is 2.39 bits per heavy atom. The van der Waals surface area contributed by atoms with E-state index in [1.807, 2.05) is 0 Å². The first-order valence-electron chi connectivity index (χ1n) is 5.37. The Bertz CT molecular complexity index is 497. The van der Waals surface area contributed by atoms with E-state index in [4.69, 9.17) is 0 Å². The van der Waals surface area contributed by atoms with Crippen LogP contribution >= 0.6 is 0 Å². The average molecular weight is 264 g/mol. The van der Waals surface area contributed by atoms with Gasteiger partial charge < -0.3 is 0 Å². The Balaban J connectivity index is 2.28. The number of benzene rings is 1. The molecule has 1 atom stereocenters. The van der Waals surface area contributed by atoms with Crippen molar-refractivity contribution < 1.29 is 26.7 Å². The molecule has 0 heterocycles. The number of carbonyl (C=O) groups excluding carboxylic acids is 1. The molecule has 0 N–H and O–H groups in total. The van der Waals surface area contributed by atoms with E-state index >= 15 is 0 Å². The highest BCUT2D eigenvalue weighted by Crippen LogP contribution is 2.40. The van der Waals surface area contributed by atoms with Gasteiger partial charge in [-0.05, 0) is 18.6 Å². The summed E-state index contributed by atoms with van der Waals surface area (Å²) in [5.74, 6) is -9.68. The molecule has 0 spiro atoms. The van der Waals surface area contributed by atoms with Crippen molar-refractivity contribution in [3.63, 3.8) is 0 Å². The zero-order valence-electron chi connectivity index (χ0n) is 9.15. The molecule has 0 saturated heterocycles. The highest BCUT2D eigenvalue weighted by molar-refractivity contribution is 5.98. The van der Waals surface area contributed by atoms with E-state index in [2.05, 4.69) is 0 Å². The lowest BCUT2D eigenvalue weighted by Crippen LogP contribution is -2.17. The van der Waals surface area contributed by atoms with Crippen LogP contribution in [0.3, 0.4) is 0 Å². The second-order valence-electron chi connectivity index (χ2n) is 4.38. The van der Waals surface area contributed by atoms with Gasteiger partial charge in [0.1, 0.15) is 0 Å². The van der Waals surface area contributed by atoms with Gasteiger partial charge >= 0.3 is 0 Å². The molecule has 0 aromatic heterocycles. The Morgan fingerprint density at radius 1 is 1.17 bits per heavy atom. The highest BCUT2D eigenvalue weighted by atomic mass is 19.3. The third-order valence-electron chi connectivity index (χ3n) is 3.08. The number of carbonyl (C=O) groups is 1. The summed E-state index contributed by atoms with van der Waals surface area (Å²) in [4.78, 5) is 11.8. The highest BCUT2D eigenvalue weighted by Gasteiger charge is 2.43. The van der Waals surface area contributed by atoms with Crippen LogP contribution in [0, 0.1) is 23.4 Å². The second-order valence-corrected chi connectivity index (χ2v) is 4.38. The monoisotopic (exact) mass is 264 g/mol. The van der Waals surface area contributed by atoms with E-state index in [0.29, 0.717) is 6.07 Å². The van der Waals surface area contributed by atoms with E-state index in [-0.39, 0.29) is 6.42 Å². The zero-order valence-corrected chi connectivity index (χ0v) is 9.15. The number of alkyl halides is 2. The topological polar surface area (TPSA) is 17.1 Å². The summed E-state index contributed by atoms with van der Waals surface area (Å²) >= 11 is 0. The maximum absolute atomic E-state index is 13.3. The zero-order chi connectivity index (χ0) is 13.5. The van der Waals surface area contributed by atoms with Gasteiger partial charge in [0, 0.05) is 18.8 Å². The molecule has 0 amide bonds. The van der Waals surface area contributed by atoms with Crippen molar-refractivity contribution in [1.29, 1.82) is 0 Å². The molecule has 98 valence electrons. The largest absolute Gasteiger partial charge is 0.294 e. The minimum absolute atomic E-state index is 0.0791. The first-order valence-corrected chi connectivity index (χ1v) is 5.37. The molecular formula is C12H9F5O. The molecule has 6 heteroatoms. The number of Topliss-reactive ketones (excluding diaryl/α,β-unsaturated/α-hetero) is 1. The summed E-state index contributed by atoms with van der Waals surface area (Å²) in [5, 5.41) is 0. The molecule has 1 fully saturated rings. The van der Waals surface area contributed by atoms with Gasteiger partial charge in [-0.1, -0.05) is 0 Å². The third kappa shape index (κ3) is 2.23. The maximum Gasteiger partial charge on any atom is 0.248 e. The van der Waals surface area contributed by atoms with Crippen molar-refractivity contribution in [1.82, 2.24) is 0 Å². The van der Waals surface area contributed by atoms with Crippen LogP contribution in [0.15, 0.2) is 12.1 Å². The van der Waals surface area contributed by atoms with Crippen molar-refractivity contribution in [3.05, 3.63) is 35.1 Å². The van der Waals surface area contributed by atoms with Crippen molar-refractivity contribution >= 4 is 5.78 Å². The van der Waals surface area contributed by atoms with Crippen molar-refractivity contribution in [2.45, 2.75) is 25.2 Å². The van der Waals surface area contributed by atoms with Gasteiger partial charge in [-0.2, -0.15) is 0 Å². The predicted octanol–water partition coefficient (Wildman–Crippen LogP) is 3.72. The summed E-state index contributed by atoms with van der Waals surface area (Å²) in [7, 11) is 0. The lowest BCUT2D eigenvalue weighted by molar-refractivity contribution is 0.00527. The molecule has 0 bridgehead atoms. The third-order valence-corrected chi connectivity index (χ3v) is 3.08. The van der Waals surface area contributed by atoms with Crippen LogP contribution in [-0.2, 0) is 0 Å². The Kier molecular flexibility index (Phi) is 3.12. The van der Waals surface area contributed by atoms with Gasteiger partial charge in [0.25, 0.3) is 0 Å². The maximum atomic E-state index is 13.3. The van der Waals surface area contributed by atoms with Crippen molar-refractivity contribution in [3.8, 4) is 0 Å². The van der Waals surface area contributed by atoms with Crippen LogP contribution in [0.4, 0.5) is 22.0 Å². The summed E-state index contributed by atoms with van der Waals surface area (Å²) in [5.41, 5.74) is -0.670. The molecule has 1 unspecified atom stereocenters. The van der Waals surface area contributed by atoms with Gasteiger partial charge in [-0.3, -0.25) is 4.79 Å². The molecule has 0 aliphatic heterocycles. The minimum Gasteiger partial charge on any atom is -0.294 e. The number of hydrogen-bond acceptors (Lipinski definition) is 1. The normalized spacial score (nSPS) is 22.2. The molecule has 2 rings (SSSR count). The van der Waals surface area contributed by atoms with E-state index in [0.717, 1.165) is 6.07 Å². The fraction of sp³-hybridized carbons (Fsp3) is 0.417. The lowest BCUT2D eigenvalue weighted by atomic mass is 9.95. The second kappa shape index (κ2) is 4.33. The Morgan fingerprint density at radius 2 is 1.83 bits per heavy atom. The summed E-state index contributed by atoms with van der Waals surface area (Å²) in [6, 6.07) is 1.39. The summed E-state index contributed by atoms with van der Waals surface area (Å²) < 4.78 is 64.8. The molecule has 18 heavy (non-hydrogen) atoms. The molecule has 1 saturated carbocycles. The number of halogens is 5. The average Bonchev–Trinajstić information content (AvgIpc) is 2.66. The molecule has 1 aromatic carbocycles. The summed E-state index contributed by atoms with van der Waals surface area (Å²) in [6.45, 7) is 0. The number of rotatable bonds is 2. The SMILES string of the molecule is O=C(c1ccc(F)c(F)c1F)C1CCC(F)(F)C1. The van der Waals surface area contributed by atoms with Gasteiger partial charge in [-0.15, -0.1) is 0 Å². The standard InChI is InChI=1S/C12H9F5O/c13-8-2-1-7(9(14)10(8)15)11(18)6-3-4-12(16,17)5-6/h1-2,6H,3-5H2. The van der Waals surface area contributed by atoms with Crippen LogP contribution in [0.25, 0.3) is 0 Å². The number of ketones is 1. The smallest absolute Gasteiger partial charge is 0.248 e. The summed E-state index contributed by atoms with van der Waals surface area (Å²) in [6.07, 6.45) is -1.21. The van der Waals surface area contributed by atoms with E-state index in [1.165, 1.54) is 0 Å². The van der Waals surface area contributed by atoms with Gasteiger partial charge in [0.15, 0.2) is 23.2 Å². The van der Waals surface area contributed by atoms with Crippen molar-refractivity contribution in [2.75, 3.05) is 0 Å². The number of hydrogen-bond donors (Lipinski definition) is 0. The van der Waals surface area contributed by atoms with Crippen LogP contribution in [0.5, 0.6) is 0 Å². The van der Waals surface area contributed by atoms with E-state index in [9.17, 15) is 26.7 Å². The lowest BCUT2D eigenvalue weighted by Gasteiger charge is -2.10. The first-order chi connectivity index (χ1) is 8.32. The molecule has 1 aliphatic carbocycles. The van der Waals surface area contributed by atoms with Gasteiger partial charge in [0.05, 0.1) is 5.56 Å². The van der Waals surface area contributed by atoms with Gasteiger partial charge in [0.2, 0.25) is 5.92 Å². The predicted molar refractivity (Wildman–Crippen MR) is 52.9 cm³/mol. The first kappa shape index (κ1) is 13.0. The molecule has 0 radical (unpaired) electrons. The molecular weight excluding hydrogens is 255 g/mol. The van der Waals surface area contributed by atoms with Crippen LogP contribution in [0.1, 0.15) is 29.6 Å². The Hall–Kier alpha value is -1.46. The fourth-order valence-electron chi connectivity index (χ4n) is 2.11. The quantitative estimate of drug-likeness (QED) is 0.452. The minimum atomic E-state index is -2.95. The molecule has 1 aromatic rings. The van der Waals surface area contributed by atoms with Crippen molar-refractivity contribution in [2.24, 2.45) is 5.92 Å². The molecule has 1 nitrogen and oxygen atoms in total. The van der Waals surface area contributed by atoms with Crippen LogP contribution < -0.4 is 0 Å².